The number of nitrogens with zero attached hydrogens (tertiary/aromatic N) is 2. The third-order valence-electron chi connectivity index (χ3n) is 8.36. The summed E-state index contributed by atoms with van der Waals surface area (Å²) in [6.07, 6.45) is -2.86. The average Bonchev–Trinajstić information content (AvgIpc) is 3.46. The molecular weight excluding hydrogens is 581 g/mol. The molecule has 1 N–H and O–H groups in total. The molecule has 0 unspecified atom stereocenters. The first kappa shape index (κ1) is 31.8. The summed E-state index contributed by atoms with van der Waals surface area (Å²) in [7, 11) is 0. The maximum atomic E-state index is 13.6. The highest BCUT2D eigenvalue weighted by atomic mass is 32.1. The van der Waals surface area contributed by atoms with Crippen molar-refractivity contribution in [3.8, 4) is 28.1 Å². The van der Waals surface area contributed by atoms with Gasteiger partial charge in [0.05, 0.1) is 16.3 Å². The second-order valence-corrected chi connectivity index (χ2v) is 14.6. The van der Waals surface area contributed by atoms with Crippen LogP contribution in [0.25, 0.3) is 22.4 Å². The number of likely N-dealkylation sites (tertiary alicyclic amines) is 1. The van der Waals surface area contributed by atoms with Crippen molar-refractivity contribution in [3.63, 3.8) is 0 Å². The maximum absolute atomic E-state index is 13.6. The zero-order valence-electron chi connectivity index (χ0n) is 26.0. The van der Waals surface area contributed by atoms with Crippen molar-refractivity contribution in [2.75, 3.05) is 13.1 Å². The molecule has 1 aliphatic heterocycles. The fraction of sp³-hybridized carbons (Fsp3) is 0.389. The molecule has 1 fully saturated rings. The predicted octanol–water partition coefficient (Wildman–Crippen LogP) is 9.82. The van der Waals surface area contributed by atoms with Crippen LogP contribution in [0.1, 0.15) is 92.4 Å². The smallest absolute Gasteiger partial charge is 0.416 e. The van der Waals surface area contributed by atoms with Gasteiger partial charge >= 0.3 is 6.18 Å². The van der Waals surface area contributed by atoms with Gasteiger partial charge in [-0.2, -0.15) is 13.2 Å². The Morgan fingerprint density at radius 2 is 1.43 bits per heavy atom. The molecule has 1 aliphatic rings. The number of hydrogen-bond acceptors (Lipinski definition) is 4. The number of alkyl halides is 3. The number of phenolic OH excluding ortho intramolecular Hbond substituents is 1. The lowest BCUT2D eigenvalue weighted by molar-refractivity contribution is -0.137. The van der Waals surface area contributed by atoms with E-state index >= 15 is 0 Å². The van der Waals surface area contributed by atoms with Gasteiger partial charge in [-0.05, 0) is 65.1 Å². The van der Waals surface area contributed by atoms with Crippen molar-refractivity contribution >= 4 is 17.2 Å². The molecule has 8 heteroatoms. The fourth-order valence-electron chi connectivity index (χ4n) is 5.79. The monoisotopic (exact) mass is 620 g/mol. The standard InChI is InChI=1S/C36H39F3N2O2S/c1-34(2,3)28-19-24(20-29(31(28)42)35(4,5)6)30-21-44-32(40-30)23-15-17-41(18-16-23)33(43)27-10-8-7-9-26(27)22-11-13-25(14-12-22)36(37,38)39/h7-14,19-21,23,42H,15-18H2,1-6H3. The van der Waals surface area contributed by atoms with Gasteiger partial charge in [-0.15, -0.1) is 11.3 Å². The van der Waals surface area contributed by atoms with Crippen molar-refractivity contribution in [2.45, 2.75) is 77.3 Å². The fourth-order valence-corrected chi connectivity index (χ4v) is 6.79. The van der Waals surface area contributed by atoms with Gasteiger partial charge in [0.2, 0.25) is 0 Å². The molecule has 2 heterocycles. The van der Waals surface area contributed by atoms with Gasteiger partial charge in [0.15, 0.2) is 0 Å². The Morgan fingerprint density at radius 1 is 0.864 bits per heavy atom. The van der Waals surface area contributed by atoms with Crippen LogP contribution in [0, 0.1) is 0 Å². The van der Waals surface area contributed by atoms with Crippen LogP contribution in [0.3, 0.4) is 0 Å². The molecule has 232 valence electrons. The second kappa shape index (κ2) is 11.7. The number of aromatic nitrogens is 1. The van der Waals surface area contributed by atoms with Crippen LogP contribution >= 0.6 is 11.3 Å². The number of thiazole rings is 1. The van der Waals surface area contributed by atoms with Gasteiger partial charge in [0.25, 0.3) is 5.91 Å². The minimum absolute atomic E-state index is 0.118. The number of hydrogen-bond donors (Lipinski definition) is 1. The van der Waals surface area contributed by atoms with E-state index in [1.165, 1.54) is 12.1 Å². The molecule has 0 saturated carbocycles. The third-order valence-corrected chi connectivity index (χ3v) is 9.36. The predicted molar refractivity (Wildman–Crippen MR) is 171 cm³/mol. The summed E-state index contributed by atoms with van der Waals surface area (Å²) in [6.45, 7) is 13.7. The zero-order valence-corrected chi connectivity index (χ0v) is 26.9. The van der Waals surface area contributed by atoms with Gasteiger partial charge in [0.1, 0.15) is 5.75 Å². The number of rotatable bonds is 4. The lowest BCUT2D eigenvalue weighted by Gasteiger charge is -2.31. The van der Waals surface area contributed by atoms with E-state index in [9.17, 15) is 23.1 Å². The molecule has 4 aromatic rings. The number of carbonyl (C=O) groups is 1. The number of piperidine rings is 1. The number of carbonyl (C=O) groups excluding carboxylic acids is 1. The first-order chi connectivity index (χ1) is 20.5. The summed E-state index contributed by atoms with van der Waals surface area (Å²) in [6, 6.07) is 16.1. The Morgan fingerprint density at radius 3 is 1.98 bits per heavy atom. The van der Waals surface area contributed by atoms with Crippen LogP contribution in [0.2, 0.25) is 0 Å². The second-order valence-electron chi connectivity index (χ2n) is 13.7. The number of phenols is 1. The number of amides is 1. The molecular formula is C36H39F3N2O2S. The maximum Gasteiger partial charge on any atom is 0.416 e. The lowest BCUT2D eigenvalue weighted by atomic mass is 9.78. The molecule has 0 aliphatic carbocycles. The molecule has 4 nitrogen and oxygen atoms in total. The molecule has 5 rings (SSSR count). The first-order valence-corrected chi connectivity index (χ1v) is 15.8. The SMILES string of the molecule is CC(C)(C)c1cc(-c2csc(C3CCN(C(=O)c4ccccc4-c4ccc(C(F)(F)F)cc4)CC3)n2)cc(C(C)(C)C)c1O. The Bertz CT molecular complexity index is 1620. The van der Waals surface area contributed by atoms with Crippen LogP contribution in [-0.2, 0) is 17.0 Å². The highest BCUT2D eigenvalue weighted by Gasteiger charge is 2.31. The molecule has 1 aromatic heterocycles. The van der Waals surface area contributed by atoms with Crippen LogP contribution in [0.4, 0.5) is 13.2 Å². The number of aromatic hydroxyl groups is 1. The van der Waals surface area contributed by atoms with Gasteiger partial charge in [0, 0.05) is 46.6 Å². The van der Waals surface area contributed by atoms with E-state index in [-0.39, 0.29) is 22.7 Å². The highest BCUT2D eigenvalue weighted by molar-refractivity contribution is 7.10. The largest absolute Gasteiger partial charge is 0.507 e. The summed E-state index contributed by atoms with van der Waals surface area (Å²) >= 11 is 1.63. The van der Waals surface area contributed by atoms with Crippen molar-refractivity contribution in [2.24, 2.45) is 0 Å². The Balaban J connectivity index is 1.32. The summed E-state index contributed by atoms with van der Waals surface area (Å²) < 4.78 is 39.2. The van der Waals surface area contributed by atoms with E-state index < -0.39 is 11.7 Å². The van der Waals surface area contributed by atoms with E-state index in [2.05, 4.69) is 59.1 Å². The van der Waals surface area contributed by atoms with Crippen LogP contribution in [-0.4, -0.2) is 34.0 Å². The van der Waals surface area contributed by atoms with Gasteiger partial charge < -0.3 is 10.0 Å². The molecule has 1 saturated heterocycles. The Labute approximate surface area is 261 Å². The minimum atomic E-state index is -4.41. The van der Waals surface area contributed by atoms with Crippen LogP contribution in [0.5, 0.6) is 5.75 Å². The minimum Gasteiger partial charge on any atom is -0.507 e. The summed E-state index contributed by atoms with van der Waals surface area (Å²) in [5, 5.41) is 14.2. The summed E-state index contributed by atoms with van der Waals surface area (Å²) in [5.74, 6) is 0.456. The molecule has 1 amide bonds. The number of benzene rings is 3. The Kier molecular flexibility index (Phi) is 8.44. The molecule has 0 atom stereocenters. The zero-order chi connectivity index (χ0) is 32.0. The van der Waals surface area contributed by atoms with Crippen molar-refractivity contribution in [1.82, 2.24) is 9.88 Å². The van der Waals surface area contributed by atoms with Gasteiger partial charge in [-0.1, -0.05) is 71.9 Å². The van der Waals surface area contributed by atoms with Crippen molar-refractivity contribution < 1.29 is 23.1 Å². The van der Waals surface area contributed by atoms with Gasteiger partial charge in [-0.3, -0.25) is 4.79 Å². The quantitative estimate of drug-likeness (QED) is 0.247. The normalized spacial score (nSPS) is 15.1. The van der Waals surface area contributed by atoms with Gasteiger partial charge in [-0.25, -0.2) is 4.98 Å². The summed E-state index contributed by atoms with van der Waals surface area (Å²) in [4.78, 5) is 20.5. The Hall–Kier alpha value is -3.65. The molecule has 0 radical (unpaired) electrons. The van der Waals surface area contributed by atoms with E-state index in [1.54, 1.807) is 35.6 Å². The van der Waals surface area contributed by atoms with E-state index in [0.717, 1.165) is 52.4 Å². The highest BCUT2D eigenvalue weighted by Crippen LogP contribution is 2.43. The molecule has 0 spiro atoms. The van der Waals surface area contributed by atoms with Crippen molar-refractivity contribution in [3.05, 3.63) is 93.3 Å². The molecule has 0 bridgehead atoms. The van der Waals surface area contributed by atoms with Crippen molar-refractivity contribution in [1.29, 1.82) is 0 Å². The first-order valence-electron chi connectivity index (χ1n) is 14.9. The average molecular weight is 621 g/mol. The number of halogens is 3. The lowest BCUT2D eigenvalue weighted by Crippen LogP contribution is -2.38. The molecule has 3 aromatic carbocycles. The van der Waals surface area contributed by atoms with E-state index in [4.69, 9.17) is 4.98 Å². The van der Waals surface area contributed by atoms with Crippen LogP contribution in [0.15, 0.2) is 66.0 Å². The van der Waals surface area contributed by atoms with E-state index in [1.807, 2.05) is 4.90 Å². The van der Waals surface area contributed by atoms with E-state index in [0.29, 0.717) is 35.5 Å². The van der Waals surface area contributed by atoms with Crippen LogP contribution < -0.4 is 0 Å². The third kappa shape index (κ3) is 6.55. The topological polar surface area (TPSA) is 53.4 Å². The summed E-state index contributed by atoms with van der Waals surface area (Å²) in [5.41, 5.74) is 4.19. The molecule has 44 heavy (non-hydrogen) atoms.